The zero-order valence-corrected chi connectivity index (χ0v) is 24.1. The number of aryl methyl sites for hydroxylation is 2. The molecule has 0 aromatic heterocycles. The smallest absolute Gasteiger partial charge is 0.165 e. The number of hydrogen-bond donors (Lipinski definition) is 0. The third-order valence-electron chi connectivity index (χ3n) is 5.96. The second-order valence-electron chi connectivity index (χ2n) is 8.91. The van der Waals surface area contributed by atoms with E-state index in [1.807, 2.05) is 0 Å². The molecular formula is C34H32SiTi. The SMILES string of the molecule is C[Si]C.Cc1cc2c(-c3ccccc3)cccc2[cH-]1.Cc1cc2c(-c3ccccc3)cccc2[cH-]1.[Ti+2]. The topological polar surface area (TPSA) is 0 Å². The third-order valence-corrected chi connectivity index (χ3v) is 5.96. The second kappa shape index (κ2) is 13.4. The van der Waals surface area contributed by atoms with Gasteiger partial charge in [-0.15, -0.1) is 69.1 Å². The standard InChI is InChI=1S/2C16H13.C2H6Si.Ti/c2*1-12-10-14-8-5-9-15(16(14)11-12)13-6-3-2-4-7-13;1-3-2;/h2*2-11H,1H3;1-2H3;/q2*-1;;+2. The maximum atomic E-state index is 2.26. The molecule has 6 aromatic rings. The van der Waals surface area contributed by atoms with Gasteiger partial charge in [0.15, 0.2) is 0 Å². The summed E-state index contributed by atoms with van der Waals surface area (Å²) < 4.78 is 0. The van der Waals surface area contributed by atoms with E-state index in [1.54, 1.807) is 0 Å². The molecule has 2 radical (unpaired) electrons. The maximum absolute atomic E-state index is 2.26. The van der Waals surface area contributed by atoms with E-state index < -0.39 is 0 Å². The molecule has 0 unspecified atom stereocenters. The van der Waals surface area contributed by atoms with Crippen molar-refractivity contribution in [1.29, 1.82) is 0 Å². The van der Waals surface area contributed by atoms with Crippen LogP contribution in [0, 0.1) is 13.8 Å². The Morgan fingerprint density at radius 2 is 0.861 bits per heavy atom. The van der Waals surface area contributed by atoms with Gasteiger partial charge in [0.05, 0.1) is 0 Å². The van der Waals surface area contributed by atoms with Gasteiger partial charge in [-0.05, 0) is 11.1 Å². The van der Waals surface area contributed by atoms with E-state index in [9.17, 15) is 0 Å². The van der Waals surface area contributed by atoms with Crippen LogP contribution in [0.15, 0.2) is 121 Å². The molecule has 0 aliphatic heterocycles. The van der Waals surface area contributed by atoms with Crippen molar-refractivity contribution in [2.75, 3.05) is 0 Å². The Bertz CT molecular complexity index is 1370. The van der Waals surface area contributed by atoms with Crippen molar-refractivity contribution >= 4 is 31.1 Å². The van der Waals surface area contributed by atoms with Gasteiger partial charge in [-0.2, -0.15) is 12.1 Å². The monoisotopic (exact) mass is 516 g/mol. The first-order valence-electron chi connectivity index (χ1n) is 12.1. The normalized spacial score (nSPS) is 10.1. The van der Waals surface area contributed by atoms with E-state index in [4.69, 9.17) is 0 Å². The van der Waals surface area contributed by atoms with Crippen molar-refractivity contribution in [2.45, 2.75) is 26.9 Å². The molecular weight excluding hydrogens is 484 g/mol. The van der Waals surface area contributed by atoms with Crippen LogP contribution < -0.4 is 0 Å². The first-order valence-corrected chi connectivity index (χ1v) is 14.1. The second-order valence-corrected chi connectivity index (χ2v) is 9.91. The van der Waals surface area contributed by atoms with Crippen LogP contribution >= 0.6 is 0 Å². The average Bonchev–Trinajstić information content (AvgIpc) is 3.46. The molecule has 6 aromatic carbocycles. The molecule has 0 saturated carbocycles. The molecule has 0 amide bonds. The van der Waals surface area contributed by atoms with E-state index in [1.165, 1.54) is 54.9 Å². The zero-order chi connectivity index (χ0) is 24.6. The Morgan fingerprint density at radius 1 is 0.500 bits per heavy atom. The van der Waals surface area contributed by atoms with Crippen LogP contribution in [0.5, 0.6) is 0 Å². The number of benzene rings is 4. The summed E-state index contributed by atoms with van der Waals surface area (Å²) >= 11 is 0. The van der Waals surface area contributed by atoms with Gasteiger partial charge in [-0.1, -0.05) is 111 Å². The van der Waals surface area contributed by atoms with Crippen LogP contribution in [0.4, 0.5) is 0 Å². The minimum absolute atomic E-state index is 0. The molecule has 0 N–H and O–H groups in total. The predicted molar refractivity (Wildman–Crippen MR) is 157 cm³/mol. The fraction of sp³-hybridized carbons (Fsp3) is 0.118. The molecule has 176 valence electrons. The quantitative estimate of drug-likeness (QED) is 0.159. The van der Waals surface area contributed by atoms with E-state index >= 15 is 0 Å². The minimum Gasteiger partial charge on any atom is -0.165 e. The Morgan fingerprint density at radius 3 is 1.22 bits per heavy atom. The van der Waals surface area contributed by atoms with Crippen molar-refractivity contribution in [2.24, 2.45) is 0 Å². The van der Waals surface area contributed by atoms with Gasteiger partial charge >= 0.3 is 21.7 Å². The molecule has 0 heterocycles. The molecule has 0 bridgehead atoms. The number of rotatable bonds is 2. The van der Waals surface area contributed by atoms with Gasteiger partial charge < -0.3 is 0 Å². The fourth-order valence-electron chi connectivity index (χ4n) is 4.51. The molecule has 36 heavy (non-hydrogen) atoms. The van der Waals surface area contributed by atoms with Crippen LogP contribution in [0.1, 0.15) is 11.1 Å². The van der Waals surface area contributed by atoms with Gasteiger partial charge in [-0.25, -0.2) is 0 Å². The fourth-order valence-corrected chi connectivity index (χ4v) is 4.51. The van der Waals surface area contributed by atoms with Crippen molar-refractivity contribution in [3.63, 3.8) is 0 Å². The van der Waals surface area contributed by atoms with Gasteiger partial charge in [0.2, 0.25) is 0 Å². The number of fused-ring (bicyclic) bond motifs is 2. The molecule has 0 fully saturated rings. The molecule has 0 nitrogen and oxygen atoms in total. The third kappa shape index (κ3) is 6.62. The Kier molecular flexibility index (Phi) is 10.3. The van der Waals surface area contributed by atoms with Crippen LogP contribution in [0.25, 0.3) is 43.8 Å². The van der Waals surface area contributed by atoms with E-state index in [-0.39, 0.29) is 21.7 Å². The van der Waals surface area contributed by atoms with Crippen molar-refractivity contribution in [3.05, 3.63) is 132 Å². The van der Waals surface area contributed by atoms with Gasteiger partial charge in [0, 0.05) is 9.52 Å². The molecule has 2 heteroatoms. The van der Waals surface area contributed by atoms with Crippen LogP contribution in [-0.2, 0) is 21.7 Å². The van der Waals surface area contributed by atoms with Crippen LogP contribution in [-0.4, -0.2) is 9.52 Å². The molecule has 0 aliphatic rings. The van der Waals surface area contributed by atoms with Crippen molar-refractivity contribution in [3.8, 4) is 22.3 Å². The summed E-state index contributed by atoms with van der Waals surface area (Å²) in [6.45, 7) is 8.60. The summed E-state index contributed by atoms with van der Waals surface area (Å²) in [7, 11) is 1.08. The summed E-state index contributed by atoms with van der Waals surface area (Å²) in [6.07, 6.45) is 0. The molecule has 0 aliphatic carbocycles. The van der Waals surface area contributed by atoms with E-state index in [0.29, 0.717) is 0 Å². The first kappa shape index (κ1) is 27.6. The summed E-state index contributed by atoms with van der Waals surface area (Å²) in [6, 6.07) is 43.1. The summed E-state index contributed by atoms with van der Waals surface area (Å²) in [5.74, 6) is 0. The zero-order valence-electron chi connectivity index (χ0n) is 21.5. The average molecular weight is 517 g/mol. The largest absolute Gasteiger partial charge is 2.00 e. The van der Waals surface area contributed by atoms with Crippen LogP contribution in [0.2, 0.25) is 13.1 Å². The van der Waals surface area contributed by atoms with Crippen molar-refractivity contribution in [1.82, 2.24) is 0 Å². The minimum atomic E-state index is 0. The predicted octanol–water partition coefficient (Wildman–Crippen LogP) is 9.85. The Hall–Kier alpha value is -2.97. The van der Waals surface area contributed by atoms with Crippen molar-refractivity contribution < 1.29 is 21.7 Å². The van der Waals surface area contributed by atoms with Gasteiger partial charge in [0.25, 0.3) is 0 Å². The number of hydrogen-bond acceptors (Lipinski definition) is 0. The maximum Gasteiger partial charge on any atom is 2.00 e. The summed E-state index contributed by atoms with van der Waals surface area (Å²) in [5.41, 5.74) is 7.89. The first-order chi connectivity index (χ1) is 17.1. The summed E-state index contributed by atoms with van der Waals surface area (Å²) in [5, 5.41) is 5.37. The Labute approximate surface area is 233 Å². The molecule has 0 saturated heterocycles. The molecule has 0 atom stereocenters. The van der Waals surface area contributed by atoms with Crippen LogP contribution in [0.3, 0.4) is 0 Å². The Balaban J connectivity index is 0.000000177. The van der Waals surface area contributed by atoms with E-state index in [2.05, 4.69) is 148 Å². The van der Waals surface area contributed by atoms with E-state index in [0.717, 1.165) is 9.52 Å². The molecule has 0 spiro atoms. The summed E-state index contributed by atoms with van der Waals surface area (Å²) in [4.78, 5) is 0. The van der Waals surface area contributed by atoms with Gasteiger partial charge in [-0.3, -0.25) is 0 Å². The van der Waals surface area contributed by atoms with Gasteiger partial charge in [0.1, 0.15) is 0 Å². The molecule has 6 rings (SSSR count).